The van der Waals surface area contributed by atoms with Gasteiger partial charge in [0.2, 0.25) is 0 Å². The Labute approximate surface area is 138 Å². The molecule has 0 aliphatic rings. The lowest BCUT2D eigenvalue weighted by molar-refractivity contribution is -0.0498. The second-order valence-corrected chi connectivity index (χ2v) is 5.20. The van der Waals surface area contributed by atoms with Gasteiger partial charge in [0.15, 0.2) is 5.78 Å². The number of allylic oxidation sites excluding steroid dienone is 2. The van der Waals surface area contributed by atoms with Crippen LogP contribution in [-0.2, 0) is 0 Å². The second kappa shape index (κ2) is 7.88. The van der Waals surface area contributed by atoms with Crippen molar-refractivity contribution < 1.29 is 18.3 Å². The van der Waals surface area contributed by atoms with Crippen LogP contribution in [0.2, 0.25) is 5.02 Å². The van der Waals surface area contributed by atoms with E-state index in [1.54, 1.807) is 42.5 Å². The van der Waals surface area contributed by atoms with E-state index in [1.165, 1.54) is 12.1 Å². The monoisotopic (exact) mass is 336 g/mol. The van der Waals surface area contributed by atoms with Crippen LogP contribution in [0.5, 0.6) is 5.75 Å². The highest BCUT2D eigenvalue weighted by Gasteiger charge is 2.14. The van der Waals surface area contributed by atoms with Gasteiger partial charge >= 0.3 is 6.61 Å². The highest BCUT2D eigenvalue weighted by Crippen LogP contribution is 2.24. The van der Waals surface area contributed by atoms with Gasteiger partial charge in [-0.2, -0.15) is 8.78 Å². The third-order valence-electron chi connectivity index (χ3n) is 3.15. The van der Waals surface area contributed by atoms with Crippen molar-refractivity contribution in [1.82, 2.24) is 0 Å². The van der Waals surface area contributed by atoms with E-state index in [2.05, 4.69) is 4.74 Å². The molecule has 0 heterocycles. The summed E-state index contributed by atoms with van der Waals surface area (Å²) in [5, 5.41) is 0.552. The number of hydrogen-bond acceptors (Lipinski definition) is 2. The number of carbonyl (C=O) groups excluding carboxylic acids is 1. The highest BCUT2D eigenvalue weighted by atomic mass is 35.5. The van der Waals surface area contributed by atoms with Crippen LogP contribution in [-0.4, -0.2) is 12.4 Å². The van der Waals surface area contributed by atoms with Gasteiger partial charge in [-0.05, 0) is 48.4 Å². The number of rotatable bonds is 6. The van der Waals surface area contributed by atoms with Gasteiger partial charge in [0.1, 0.15) is 5.75 Å². The molecule has 2 rings (SSSR count). The van der Waals surface area contributed by atoms with Crippen LogP contribution in [0.25, 0.3) is 5.57 Å². The molecule has 0 radical (unpaired) electrons. The third-order valence-corrected chi connectivity index (χ3v) is 3.40. The molecule has 0 atom stereocenters. The van der Waals surface area contributed by atoms with Crippen molar-refractivity contribution >= 4 is 23.0 Å². The van der Waals surface area contributed by atoms with Gasteiger partial charge in [-0.25, -0.2) is 0 Å². The summed E-state index contributed by atoms with van der Waals surface area (Å²) in [6, 6.07) is 12.6. The van der Waals surface area contributed by atoms with Gasteiger partial charge in [-0.1, -0.05) is 36.7 Å². The fraction of sp³-hybridized carbons (Fsp3) is 0.167. The van der Waals surface area contributed by atoms with Crippen molar-refractivity contribution in [3.63, 3.8) is 0 Å². The molecule has 0 N–H and O–H groups in total. The number of hydrogen-bond donors (Lipinski definition) is 0. The normalized spacial score (nSPS) is 11.6. The molecule has 120 valence electrons. The summed E-state index contributed by atoms with van der Waals surface area (Å²) in [7, 11) is 0. The van der Waals surface area contributed by atoms with E-state index in [1.807, 2.05) is 6.92 Å². The maximum absolute atomic E-state index is 12.6. The summed E-state index contributed by atoms with van der Waals surface area (Å²) in [4.78, 5) is 12.6. The van der Waals surface area contributed by atoms with Crippen LogP contribution in [0.3, 0.4) is 0 Å². The molecule has 0 saturated heterocycles. The van der Waals surface area contributed by atoms with Crippen LogP contribution in [0.1, 0.15) is 29.3 Å². The molecule has 23 heavy (non-hydrogen) atoms. The molecule has 2 aromatic carbocycles. The number of Topliss-reactive ketones (excluding diaryl/α,β-unsaturated/α-hetero) is 1. The van der Waals surface area contributed by atoms with E-state index < -0.39 is 6.61 Å². The molecule has 2 nitrogen and oxygen atoms in total. The first kappa shape index (κ1) is 17.2. The molecule has 0 fully saturated rings. The first-order chi connectivity index (χ1) is 11.0. The molecule has 0 amide bonds. The largest absolute Gasteiger partial charge is 0.435 e. The Kier molecular flexibility index (Phi) is 5.88. The van der Waals surface area contributed by atoms with Crippen molar-refractivity contribution in [2.75, 3.05) is 0 Å². The van der Waals surface area contributed by atoms with Crippen molar-refractivity contribution in [1.29, 1.82) is 0 Å². The zero-order valence-electron chi connectivity index (χ0n) is 12.4. The van der Waals surface area contributed by atoms with Gasteiger partial charge in [0.05, 0.1) is 0 Å². The summed E-state index contributed by atoms with van der Waals surface area (Å²) < 4.78 is 28.7. The first-order valence-electron chi connectivity index (χ1n) is 7.07. The summed E-state index contributed by atoms with van der Waals surface area (Å²) in [5.41, 5.74) is 1.67. The minimum Gasteiger partial charge on any atom is -0.435 e. The number of benzene rings is 2. The Balaban J connectivity index is 2.29. The molecule has 0 aliphatic heterocycles. The third kappa shape index (κ3) is 4.63. The SMILES string of the molecule is CC/C=C(/C(=O)c1ccc(Cl)cc1)c1ccc(OC(F)F)cc1. The number of ketones is 1. The maximum atomic E-state index is 12.6. The van der Waals surface area contributed by atoms with Crippen molar-refractivity contribution in [3.05, 3.63) is 70.8 Å². The van der Waals surface area contributed by atoms with Crippen LogP contribution in [0.15, 0.2) is 54.6 Å². The first-order valence-corrected chi connectivity index (χ1v) is 7.44. The molecule has 0 bridgehead atoms. The van der Waals surface area contributed by atoms with Gasteiger partial charge < -0.3 is 4.74 Å². The quantitative estimate of drug-likeness (QED) is 0.505. The van der Waals surface area contributed by atoms with E-state index in [9.17, 15) is 13.6 Å². The Morgan fingerprint density at radius 3 is 2.17 bits per heavy atom. The van der Waals surface area contributed by atoms with E-state index in [-0.39, 0.29) is 11.5 Å². The van der Waals surface area contributed by atoms with Gasteiger partial charge in [-0.15, -0.1) is 0 Å². The fourth-order valence-corrected chi connectivity index (χ4v) is 2.24. The minimum atomic E-state index is -2.87. The number of ether oxygens (including phenoxy) is 1. The molecule has 0 unspecified atom stereocenters. The molecular weight excluding hydrogens is 322 g/mol. The van der Waals surface area contributed by atoms with E-state index >= 15 is 0 Å². The Bertz CT molecular complexity index is 692. The van der Waals surface area contributed by atoms with Crippen molar-refractivity contribution in [3.8, 4) is 5.75 Å². The van der Waals surface area contributed by atoms with Crippen LogP contribution in [0.4, 0.5) is 8.78 Å². The molecule has 0 aliphatic carbocycles. The lowest BCUT2D eigenvalue weighted by Crippen LogP contribution is -2.04. The van der Waals surface area contributed by atoms with E-state index in [0.29, 0.717) is 28.1 Å². The van der Waals surface area contributed by atoms with Crippen molar-refractivity contribution in [2.24, 2.45) is 0 Å². The summed E-state index contributed by atoms with van der Waals surface area (Å²) in [5.74, 6) is -0.0930. The lowest BCUT2D eigenvalue weighted by Gasteiger charge is -2.09. The molecular formula is C18H15ClF2O2. The smallest absolute Gasteiger partial charge is 0.387 e. The average molecular weight is 337 g/mol. The van der Waals surface area contributed by atoms with Gasteiger partial charge in [0.25, 0.3) is 0 Å². The predicted octanol–water partition coefficient (Wildman–Crippen LogP) is 5.62. The minimum absolute atomic E-state index is 0.0542. The molecule has 0 saturated carbocycles. The number of halogens is 3. The summed E-state index contributed by atoms with van der Waals surface area (Å²) in [6.07, 6.45) is 2.48. The van der Waals surface area contributed by atoms with Crippen LogP contribution < -0.4 is 4.74 Å². The zero-order chi connectivity index (χ0) is 16.8. The Morgan fingerprint density at radius 1 is 1.09 bits per heavy atom. The predicted molar refractivity (Wildman–Crippen MR) is 87.1 cm³/mol. The van der Waals surface area contributed by atoms with Gasteiger partial charge in [0, 0.05) is 16.2 Å². The average Bonchev–Trinajstić information content (AvgIpc) is 2.53. The topological polar surface area (TPSA) is 26.3 Å². The summed E-state index contributed by atoms with van der Waals surface area (Å²) in [6.45, 7) is -0.953. The van der Waals surface area contributed by atoms with E-state index in [4.69, 9.17) is 11.6 Å². The maximum Gasteiger partial charge on any atom is 0.387 e. The molecule has 0 aromatic heterocycles. The Morgan fingerprint density at radius 2 is 1.65 bits per heavy atom. The van der Waals surface area contributed by atoms with Crippen LogP contribution in [0, 0.1) is 0 Å². The number of carbonyl (C=O) groups is 1. The second-order valence-electron chi connectivity index (χ2n) is 4.76. The summed E-state index contributed by atoms with van der Waals surface area (Å²) >= 11 is 5.83. The molecule has 2 aromatic rings. The van der Waals surface area contributed by atoms with Crippen molar-refractivity contribution in [2.45, 2.75) is 20.0 Å². The standard InChI is InChI=1S/C18H15ClF2O2/c1-2-3-16(17(22)13-4-8-14(19)9-5-13)12-6-10-15(11-7-12)23-18(20)21/h3-11,18H,2H2,1H3/b16-3+. The lowest BCUT2D eigenvalue weighted by atomic mass is 9.96. The van der Waals surface area contributed by atoms with Crippen LogP contribution >= 0.6 is 11.6 Å². The zero-order valence-corrected chi connectivity index (χ0v) is 13.2. The highest BCUT2D eigenvalue weighted by molar-refractivity contribution is 6.31. The number of alkyl halides is 2. The Hall–Kier alpha value is -2.20. The molecule has 5 heteroatoms. The molecule has 0 spiro atoms. The fourth-order valence-electron chi connectivity index (χ4n) is 2.12. The van der Waals surface area contributed by atoms with Gasteiger partial charge in [-0.3, -0.25) is 4.79 Å². The van der Waals surface area contributed by atoms with E-state index in [0.717, 1.165) is 0 Å².